The summed E-state index contributed by atoms with van der Waals surface area (Å²) in [7, 11) is 3.48. The van der Waals surface area contributed by atoms with Gasteiger partial charge >= 0.3 is 0 Å². The normalized spacial score (nSPS) is 10.9. The van der Waals surface area contributed by atoms with Crippen molar-refractivity contribution in [3.05, 3.63) is 41.5 Å². The van der Waals surface area contributed by atoms with E-state index in [4.69, 9.17) is 4.84 Å². The number of nitrogens with zero attached hydrogens (tertiary/aromatic N) is 3. The molecule has 102 valence electrons. The van der Waals surface area contributed by atoms with Gasteiger partial charge in [0.2, 0.25) is 0 Å². The molecule has 3 aromatic rings. The number of rotatable bonds is 3. The van der Waals surface area contributed by atoms with Crippen molar-refractivity contribution in [3.63, 3.8) is 0 Å². The van der Waals surface area contributed by atoms with E-state index >= 15 is 0 Å². The summed E-state index contributed by atoms with van der Waals surface area (Å²) in [5, 5.41) is 4.82. The monoisotopic (exact) mass is 285 g/mol. The highest BCUT2D eigenvalue weighted by molar-refractivity contribution is 7.17. The van der Waals surface area contributed by atoms with Crippen LogP contribution in [0, 0.1) is 6.92 Å². The first kappa shape index (κ1) is 13.0. The number of aryl methyl sites for hydroxylation is 1. The van der Waals surface area contributed by atoms with Crippen LogP contribution in [-0.2, 0) is 4.84 Å². The molecule has 0 aliphatic heterocycles. The Hall–Kier alpha value is -1.98. The molecule has 1 aromatic carbocycles. The second kappa shape index (κ2) is 5.19. The van der Waals surface area contributed by atoms with E-state index in [9.17, 15) is 0 Å². The Morgan fingerprint density at radius 2 is 1.90 bits per heavy atom. The molecular weight excluding hydrogens is 270 g/mol. The van der Waals surface area contributed by atoms with Crippen LogP contribution in [0.2, 0.25) is 0 Å². The minimum atomic E-state index is 0.786. The fourth-order valence-corrected chi connectivity index (χ4v) is 3.04. The van der Waals surface area contributed by atoms with Gasteiger partial charge in [0.25, 0.3) is 0 Å². The fraction of sp³-hybridized carbons (Fsp3) is 0.200. The van der Waals surface area contributed by atoms with E-state index in [2.05, 4.69) is 46.5 Å². The first-order valence-corrected chi connectivity index (χ1v) is 7.15. The summed E-state index contributed by atoms with van der Waals surface area (Å²) in [6.07, 6.45) is 1.57. The maximum atomic E-state index is 5.27. The van der Waals surface area contributed by atoms with E-state index in [0.717, 1.165) is 21.6 Å². The molecule has 2 aromatic heterocycles. The van der Waals surface area contributed by atoms with Gasteiger partial charge in [-0.1, -0.05) is 29.8 Å². The Morgan fingerprint density at radius 3 is 2.60 bits per heavy atom. The van der Waals surface area contributed by atoms with Crippen LogP contribution in [0.1, 0.15) is 5.56 Å². The minimum Gasteiger partial charge on any atom is -0.276 e. The topological polar surface area (TPSA) is 38.2 Å². The molecule has 0 amide bonds. The molecule has 5 heteroatoms. The van der Waals surface area contributed by atoms with Crippen LogP contribution in [0.4, 0.5) is 5.82 Å². The van der Waals surface area contributed by atoms with Gasteiger partial charge in [-0.05, 0) is 12.5 Å². The van der Waals surface area contributed by atoms with Crippen LogP contribution in [-0.4, -0.2) is 24.1 Å². The zero-order valence-electron chi connectivity index (χ0n) is 11.6. The zero-order chi connectivity index (χ0) is 14.1. The quantitative estimate of drug-likeness (QED) is 0.688. The average molecular weight is 285 g/mol. The molecule has 0 fully saturated rings. The van der Waals surface area contributed by atoms with Gasteiger partial charge in [-0.15, -0.1) is 11.3 Å². The highest BCUT2D eigenvalue weighted by Crippen LogP contribution is 2.37. The smallest absolute Gasteiger partial charge is 0.164 e. The Labute approximate surface area is 121 Å². The number of hydrogen-bond donors (Lipinski definition) is 0. The molecular formula is C15H15N3OS. The third-order valence-electron chi connectivity index (χ3n) is 3.28. The van der Waals surface area contributed by atoms with E-state index in [0.29, 0.717) is 0 Å². The van der Waals surface area contributed by atoms with E-state index < -0.39 is 0 Å². The number of thiophene rings is 1. The van der Waals surface area contributed by atoms with E-state index in [1.165, 1.54) is 11.1 Å². The van der Waals surface area contributed by atoms with Gasteiger partial charge < -0.3 is 0 Å². The van der Waals surface area contributed by atoms with Crippen molar-refractivity contribution in [1.82, 2.24) is 9.97 Å². The molecule has 0 aliphatic carbocycles. The maximum absolute atomic E-state index is 5.27. The van der Waals surface area contributed by atoms with E-state index in [1.54, 1.807) is 29.8 Å². The Morgan fingerprint density at radius 1 is 1.15 bits per heavy atom. The first-order chi connectivity index (χ1) is 9.70. The number of aromatic nitrogens is 2. The number of hydrogen-bond acceptors (Lipinski definition) is 5. The maximum Gasteiger partial charge on any atom is 0.164 e. The lowest BCUT2D eigenvalue weighted by Crippen LogP contribution is -2.16. The van der Waals surface area contributed by atoms with Crippen molar-refractivity contribution in [2.45, 2.75) is 6.92 Å². The molecule has 0 N–H and O–H groups in total. The molecule has 0 atom stereocenters. The Balaban J connectivity index is 2.23. The molecule has 2 heterocycles. The van der Waals surface area contributed by atoms with Gasteiger partial charge in [0.1, 0.15) is 11.2 Å². The van der Waals surface area contributed by atoms with Crippen molar-refractivity contribution in [2.24, 2.45) is 0 Å². The summed E-state index contributed by atoms with van der Waals surface area (Å²) in [5.41, 5.74) is 3.56. The third-order valence-corrected chi connectivity index (χ3v) is 4.17. The van der Waals surface area contributed by atoms with Gasteiger partial charge in [-0.25, -0.2) is 15.0 Å². The standard InChI is InChI=1S/C15H15N3OS/c1-10-4-6-11(7-5-10)12-8-20-15-13(12)14(16-9-17-15)18(2)19-3/h4-9H,1-3H3. The molecule has 0 saturated carbocycles. The predicted octanol–water partition coefficient (Wildman–Crippen LogP) is 3.66. The van der Waals surface area contributed by atoms with Crippen molar-refractivity contribution in [2.75, 3.05) is 19.2 Å². The SMILES string of the molecule is CON(C)c1ncnc2scc(-c3ccc(C)cc3)c12. The van der Waals surface area contributed by atoms with Crippen LogP contribution in [0.15, 0.2) is 36.0 Å². The molecule has 0 aliphatic rings. The van der Waals surface area contributed by atoms with Gasteiger partial charge in [0.05, 0.1) is 12.5 Å². The van der Waals surface area contributed by atoms with Gasteiger partial charge in [-0.2, -0.15) is 0 Å². The average Bonchev–Trinajstić information content (AvgIpc) is 2.91. The molecule has 0 unspecified atom stereocenters. The first-order valence-electron chi connectivity index (χ1n) is 6.28. The van der Waals surface area contributed by atoms with Gasteiger partial charge in [0.15, 0.2) is 5.82 Å². The fourth-order valence-electron chi connectivity index (χ4n) is 2.13. The summed E-state index contributed by atoms with van der Waals surface area (Å²) in [4.78, 5) is 14.9. The number of hydroxylamine groups is 1. The predicted molar refractivity (Wildman–Crippen MR) is 83.0 cm³/mol. The van der Waals surface area contributed by atoms with E-state index in [-0.39, 0.29) is 0 Å². The summed E-state index contributed by atoms with van der Waals surface area (Å²) >= 11 is 1.62. The zero-order valence-corrected chi connectivity index (χ0v) is 12.4. The molecule has 0 saturated heterocycles. The lowest BCUT2D eigenvalue weighted by molar-refractivity contribution is 0.183. The minimum absolute atomic E-state index is 0.786. The van der Waals surface area contributed by atoms with Gasteiger partial charge in [0, 0.05) is 18.0 Å². The summed E-state index contributed by atoms with van der Waals surface area (Å²) < 4.78 is 0. The van der Waals surface area contributed by atoms with Crippen LogP contribution < -0.4 is 5.06 Å². The Bertz CT molecular complexity index is 736. The van der Waals surface area contributed by atoms with Crippen LogP contribution in [0.25, 0.3) is 21.3 Å². The summed E-state index contributed by atoms with van der Waals surface area (Å²) in [5.74, 6) is 0.786. The molecule has 3 rings (SSSR count). The second-order valence-corrected chi connectivity index (χ2v) is 5.43. The van der Waals surface area contributed by atoms with E-state index in [1.807, 2.05) is 7.05 Å². The highest BCUT2D eigenvalue weighted by atomic mass is 32.1. The van der Waals surface area contributed by atoms with Crippen molar-refractivity contribution in [3.8, 4) is 11.1 Å². The largest absolute Gasteiger partial charge is 0.276 e. The number of fused-ring (bicyclic) bond motifs is 1. The molecule has 20 heavy (non-hydrogen) atoms. The van der Waals surface area contributed by atoms with Crippen molar-refractivity contribution < 1.29 is 4.84 Å². The van der Waals surface area contributed by atoms with Crippen LogP contribution in [0.5, 0.6) is 0 Å². The molecule has 0 bridgehead atoms. The second-order valence-electron chi connectivity index (χ2n) is 4.57. The van der Waals surface area contributed by atoms with Crippen LogP contribution >= 0.6 is 11.3 Å². The lowest BCUT2D eigenvalue weighted by Gasteiger charge is -2.16. The molecule has 0 spiro atoms. The van der Waals surface area contributed by atoms with Crippen LogP contribution in [0.3, 0.4) is 0 Å². The summed E-state index contributed by atoms with van der Waals surface area (Å²) in [6, 6.07) is 8.48. The third kappa shape index (κ3) is 2.15. The Kier molecular flexibility index (Phi) is 3.38. The lowest BCUT2D eigenvalue weighted by atomic mass is 10.0. The van der Waals surface area contributed by atoms with Crippen molar-refractivity contribution in [1.29, 1.82) is 0 Å². The van der Waals surface area contributed by atoms with Gasteiger partial charge in [-0.3, -0.25) is 4.84 Å². The number of benzene rings is 1. The summed E-state index contributed by atoms with van der Waals surface area (Å²) in [6.45, 7) is 2.09. The number of anilines is 1. The van der Waals surface area contributed by atoms with Crippen molar-refractivity contribution >= 4 is 27.4 Å². The molecule has 4 nitrogen and oxygen atoms in total. The molecule has 0 radical (unpaired) electrons. The highest BCUT2D eigenvalue weighted by Gasteiger charge is 2.15.